The van der Waals surface area contributed by atoms with E-state index in [4.69, 9.17) is 29.7 Å². The lowest BCUT2D eigenvalue weighted by Crippen LogP contribution is -2.38. The van der Waals surface area contributed by atoms with Crippen LogP contribution in [0, 0.1) is 17.2 Å². The van der Waals surface area contributed by atoms with E-state index in [1.165, 1.54) is 16.2 Å². The van der Waals surface area contributed by atoms with Gasteiger partial charge in [0.05, 0.1) is 23.5 Å². The number of nitrogens with two attached hydrogens (primary N) is 1. The molecule has 1 unspecified atom stereocenters. The zero-order valence-electron chi connectivity index (χ0n) is 27.2. The number of hydrogen-bond donors (Lipinski definition) is 2. The second-order valence-electron chi connectivity index (χ2n) is 13.5. The van der Waals surface area contributed by atoms with E-state index in [1.54, 1.807) is 23.0 Å². The summed E-state index contributed by atoms with van der Waals surface area (Å²) >= 11 is 1.52. The van der Waals surface area contributed by atoms with Gasteiger partial charge in [0.25, 0.3) is 0 Å². The van der Waals surface area contributed by atoms with Crippen molar-refractivity contribution in [1.29, 1.82) is 5.26 Å². The Labute approximate surface area is 282 Å². The standard InChI is InChI=1S/C34H39N9O4S/c1-19(23-7-5-13-42(23)2)46-27-16-26(43-14-9-25(40-43)37-33(44)20-10-15-45-18-20)38-32(39-27)29-21-6-3-11-34(30(21)47-41-29)12-4-8-24-28(34)22(17-35)31(36)48-24/h9,14,16,19-20,23H,3-8,10-13,15,18,36H2,1-2H3,(H,37,40,44)/t19-,20+,23-,34?/m0/s1. The molecule has 1 spiro atoms. The first-order chi connectivity index (χ1) is 23.3. The highest BCUT2D eigenvalue weighted by Gasteiger charge is 2.49. The molecule has 0 saturated carbocycles. The van der Waals surface area contributed by atoms with Gasteiger partial charge in [-0.15, -0.1) is 16.4 Å². The van der Waals surface area contributed by atoms with Gasteiger partial charge in [0.2, 0.25) is 11.8 Å². The molecule has 3 N–H and O–H groups in total. The normalized spacial score (nSPS) is 24.3. The predicted octanol–water partition coefficient (Wildman–Crippen LogP) is 4.63. The van der Waals surface area contributed by atoms with E-state index in [0.717, 1.165) is 74.8 Å². The number of ether oxygens (including phenoxy) is 2. The summed E-state index contributed by atoms with van der Waals surface area (Å²) in [5.41, 5.74) is 9.02. The van der Waals surface area contributed by atoms with Crippen LogP contribution in [0.25, 0.3) is 17.3 Å². The number of nitrogens with zero attached hydrogens (tertiary/aromatic N) is 7. The molecule has 0 radical (unpaired) electrons. The number of anilines is 2. The lowest BCUT2D eigenvalue weighted by atomic mass is 9.63. The van der Waals surface area contributed by atoms with Crippen LogP contribution < -0.4 is 15.8 Å². The maximum atomic E-state index is 12.7. The number of rotatable bonds is 7. The first kappa shape index (κ1) is 31.0. The molecule has 2 fully saturated rings. The Kier molecular flexibility index (Phi) is 7.93. The molecule has 2 aliphatic heterocycles. The van der Waals surface area contributed by atoms with Gasteiger partial charge in [-0.2, -0.15) is 10.2 Å². The smallest absolute Gasteiger partial charge is 0.231 e. The molecular weight excluding hydrogens is 630 g/mol. The number of hydrogen-bond acceptors (Lipinski definition) is 12. The highest BCUT2D eigenvalue weighted by atomic mass is 32.1. The van der Waals surface area contributed by atoms with Crippen LogP contribution in [0.3, 0.4) is 0 Å². The molecule has 2 saturated heterocycles. The number of nitrogen functional groups attached to an aromatic ring is 1. The average Bonchev–Trinajstić information content (AvgIpc) is 3.91. The summed E-state index contributed by atoms with van der Waals surface area (Å²) in [6.45, 7) is 4.11. The van der Waals surface area contributed by atoms with Crippen LogP contribution >= 0.6 is 11.3 Å². The Hall–Kier alpha value is -4.32. The maximum Gasteiger partial charge on any atom is 0.231 e. The van der Waals surface area contributed by atoms with Crippen LogP contribution in [0.15, 0.2) is 22.9 Å². The minimum absolute atomic E-state index is 0.111. The topological polar surface area (TPSA) is 170 Å². The van der Waals surface area contributed by atoms with Crippen molar-refractivity contribution in [2.75, 3.05) is 37.9 Å². The minimum atomic E-state index is -0.455. The van der Waals surface area contributed by atoms with Crippen LogP contribution in [0.4, 0.5) is 10.8 Å². The Balaban J connectivity index is 1.18. The molecule has 4 aromatic rings. The van der Waals surface area contributed by atoms with E-state index in [1.807, 2.05) is 0 Å². The molecule has 250 valence electrons. The highest BCUT2D eigenvalue weighted by Crippen LogP contribution is 2.55. The SMILES string of the molecule is C[C@H](Oc1cc(-n2ccc(NC(=O)[C@@H]3CCOC3)n2)nc(-c2noc3c2CCCC32CCCc3sc(N)c(C#N)c32)n1)[C@@H]1CCCN1C. The summed E-state index contributed by atoms with van der Waals surface area (Å²) in [4.78, 5) is 26.1. The van der Waals surface area contributed by atoms with Crippen molar-refractivity contribution in [1.82, 2.24) is 29.8 Å². The van der Waals surface area contributed by atoms with Crippen molar-refractivity contribution in [2.24, 2.45) is 5.92 Å². The number of carbonyl (C=O) groups is 1. The zero-order valence-corrected chi connectivity index (χ0v) is 28.0. The summed E-state index contributed by atoms with van der Waals surface area (Å²) in [7, 11) is 2.12. The van der Waals surface area contributed by atoms with Crippen LogP contribution in [0.1, 0.15) is 79.2 Å². The first-order valence-electron chi connectivity index (χ1n) is 16.9. The van der Waals surface area contributed by atoms with E-state index in [9.17, 15) is 10.1 Å². The van der Waals surface area contributed by atoms with E-state index in [0.29, 0.717) is 59.2 Å². The fourth-order valence-electron chi connectivity index (χ4n) is 8.20. The van der Waals surface area contributed by atoms with Crippen LogP contribution in [-0.4, -0.2) is 74.7 Å². The molecule has 6 heterocycles. The largest absolute Gasteiger partial charge is 0.473 e. The molecule has 4 atom stereocenters. The quantitative estimate of drug-likeness (QED) is 0.281. The average molecular weight is 670 g/mol. The van der Waals surface area contributed by atoms with E-state index < -0.39 is 5.41 Å². The number of nitrogens with one attached hydrogen (secondary N) is 1. The highest BCUT2D eigenvalue weighted by molar-refractivity contribution is 7.16. The molecule has 13 nitrogen and oxygen atoms in total. The third kappa shape index (κ3) is 5.24. The van der Waals surface area contributed by atoms with Gasteiger partial charge >= 0.3 is 0 Å². The Morgan fingerprint density at radius 3 is 2.88 bits per heavy atom. The van der Waals surface area contributed by atoms with Gasteiger partial charge in [-0.3, -0.25) is 9.69 Å². The second-order valence-corrected chi connectivity index (χ2v) is 14.6. The lowest BCUT2D eigenvalue weighted by Gasteiger charge is -2.39. The van der Waals surface area contributed by atoms with E-state index in [-0.39, 0.29) is 24.0 Å². The van der Waals surface area contributed by atoms with Crippen LogP contribution in [-0.2, 0) is 27.8 Å². The first-order valence-corrected chi connectivity index (χ1v) is 17.7. The zero-order chi connectivity index (χ0) is 33.0. The molecule has 1 amide bonds. The molecule has 48 heavy (non-hydrogen) atoms. The lowest BCUT2D eigenvalue weighted by molar-refractivity contribution is -0.119. The van der Waals surface area contributed by atoms with Gasteiger partial charge < -0.3 is 25.0 Å². The van der Waals surface area contributed by atoms with Crippen LogP contribution in [0.2, 0.25) is 0 Å². The van der Waals surface area contributed by atoms with Crippen LogP contribution in [0.5, 0.6) is 5.88 Å². The number of nitriles is 1. The number of likely N-dealkylation sites (N-methyl/N-ethyl adjacent to an activating group) is 1. The summed E-state index contributed by atoms with van der Waals surface area (Å²) in [5, 5.41) is 22.8. The van der Waals surface area contributed by atoms with Gasteiger partial charge in [-0.05, 0) is 83.9 Å². The van der Waals surface area contributed by atoms with Crippen molar-refractivity contribution < 1.29 is 18.8 Å². The van der Waals surface area contributed by atoms with Gasteiger partial charge in [-0.25, -0.2) is 9.67 Å². The summed E-state index contributed by atoms with van der Waals surface area (Å²) in [6, 6.07) is 6.17. The molecule has 4 aliphatic rings. The van der Waals surface area contributed by atoms with Gasteiger partial charge in [-0.1, -0.05) is 5.16 Å². The molecule has 0 bridgehead atoms. The molecule has 8 rings (SSSR count). The fraction of sp³-hybridized carbons (Fsp3) is 0.529. The summed E-state index contributed by atoms with van der Waals surface area (Å²) in [6.07, 6.45) is 9.79. The molecule has 2 aliphatic carbocycles. The predicted molar refractivity (Wildman–Crippen MR) is 178 cm³/mol. The number of carbonyl (C=O) groups excluding carboxylic acids is 1. The number of likely N-dealkylation sites (tertiary alicyclic amines) is 1. The Morgan fingerprint density at radius 1 is 1.25 bits per heavy atom. The van der Waals surface area contributed by atoms with Gasteiger partial charge in [0.1, 0.15) is 17.2 Å². The number of aromatic nitrogens is 5. The number of amides is 1. The van der Waals surface area contributed by atoms with Crippen molar-refractivity contribution in [3.63, 3.8) is 0 Å². The molecular formula is C34H39N9O4S. The second kappa shape index (κ2) is 12.3. The minimum Gasteiger partial charge on any atom is -0.473 e. The third-order valence-corrected chi connectivity index (χ3v) is 11.6. The van der Waals surface area contributed by atoms with E-state index >= 15 is 0 Å². The fourth-order valence-corrected chi connectivity index (χ4v) is 9.36. The Bertz CT molecular complexity index is 1900. The van der Waals surface area contributed by atoms with E-state index in [2.05, 4.69) is 40.5 Å². The number of aryl methyl sites for hydroxylation is 1. The monoisotopic (exact) mass is 669 g/mol. The summed E-state index contributed by atoms with van der Waals surface area (Å²) in [5.74, 6) is 2.18. The van der Waals surface area contributed by atoms with Crippen molar-refractivity contribution in [3.8, 4) is 29.3 Å². The molecule has 0 aromatic carbocycles. The maximum absolute atomic E-state index is 12.7. The van der Waals surface area contributed by atoms with Gasteiger partial charge in [0, 0.05) is 41.4 Å². The third-order valence-electron chi connectivity index (χ3n) is 10.6. The molecule has 4 aromatic heterocycles. The van der Waals surface area contributed by atoms with Crippen molar-refractivity contribution in [3.05, 3.63) is 45.7 Å². The number of thiophene rings is 1. The summed E-state index contributed by atoms with van der Waals surface area (Å²) < 4.78 is 19.8. The van der Waals surface area contributed by atoms with Crippen molar-refractivity contribution >= 4 is 28.1 Å². The van der Waals surface area contributed by atoms with Gasteiger partial charge in [0.15, 0.2) is 28.9 Å². The Morgan fingerprint density at radius 2 is 2.10 bits per heavy atom. The number of fused-ring (bicyclic) bond motifs is 4. The molecule has 14 heteroatoms. The van der Waals surface area contributed by atoms with Crippen molar-refractivity contribution in [2.45, 2.75) is 82.3 Å².